The predicted molar refractivity (Wildman–Crippen MR) is 70.7 cm³/mol. The highest BCUT2D eigenvalue weighted by Gasteiger charge is 2.56. The maximum absolute atomic E-state index is 3.96. The normalized spacial score (nSPS) is 47.1. The molecule has 3 aliphatic rings. The number of nitrogens with one attached hydrogen (secondary N) is 2. The summed E-state index contributed by atoms with van der Waals surface area (Å²) in [5, 5.41) is 7.73. The van der Waals surface area contributed by atoms with Crippen LogP contribution in [0.3, 0.4) is 0 Å². The van der Waals surface area contributed by atoms with Gasteiger partial charge in [-0.25, -0.2) is 0 Å². The van der Waals surface area contributed by atoms with Crippen LogP contribution in [0.5, 0.6) is 0 Å². The van der Waals surface area contributed by atoms with Crippen LogP contribution in [0, 0.1) is 0 Å². The molecule has 0 aromatic heterocycles. The lowest BCUT2D eigenvalue weighted by Gasteiger charge is -2.48. The average molecular weight is 238 g/mol. The average Bonchev–Trinajstić information content (AvgIpc) is 2.87. The maximum atomic E-state index is 3.96. The number of fused-ring (bicyclic) bond motifs is 2. The van der Waals surface area contributed by atoms with Crippen molar-refractivity contribution in [3.63, 3.8) is 0 Å². The Kier molecular flexibility index (Phi) is 2.81. The second-order valence-electron chi connectivity index (χ2n) is 5.45. The molecule has 0 saturated carbocycles. The third-order valence-corrected chi connectivity index (χ3v) is 6.22. The van der Waals surface area contributed by atoms with Gasteiger partial charge < -0.3 is 10.6 Å². The second kappa shape index (κ2) is 4.04. The van der Waals surface area contributed by atoms with Gasteiger partial charge in [0.15, 0.2) is 0 Å². The molecular formula is C13H22N2S. The highest BCUT2D eigenvalue weighted by atomic mass is 32.2. The molecule has 0 spiro atoms. The maximum Gasteiger partial charge on any atom is 0.0864 e. The molecular weight excluding hydrogens is 216 g/mol. The first-order chi connectivity index (χ1) is 7.80. The minimum Gasteiger partial charge on any atom is -0.306 e. The molecule has 0 amide bonds. The molecule has 2 N–H and O–H groups in total. The largest absolute Gasteiger partial charge is 0.306 e. The smallest absolute Gasteiger partial charge is 0.0864 e. The Morgan fingerprint density at radius 1 is 1.38 bits per heavy atom. The SMILES string of the molecule is C=CCC1(C23CCCC(CC2)N3)NCCS1. The van der Waals surface area contributed by atoms with Crippen LogP contribution in [0.1, 0.15) is 38.5 Å². The van der Waals surface area contributed by atoms with E-state index in [-0.39, 0.29) is 4.87 Å². The molecule has 16 heavy (non-hydrogen) atoms. The molecule has 3 atom stereocenters. The van der Waals surface area contributed by atoms with Gasteiger partial charge in [0, 0.05) is 23.9 Å². The van der Waals surface area contributed by atoms with E-state index in [2.05, 4.69) is 35.1 Å². The minimum atomic E-state index is 0.240. The fraction of sp³-hybridized carbons (Fsp3) is 0.846. The molecule has 90 valence electrons. The van der Waals surface area contributed by atoms with E-state index in [1.165, 1.54) is 37.9 Å². The van der Waals surface area contributed by atoms with Crippen LogP contribution < -0.4 is 10.6 Å². The predicted octanol–water partition coefficient (Wildman–Crippen LogP) is 2.27. The van der Waals surface area contributed by atoms with Gasteiger partial charge in [0.1, 0.15) is 0 Å². The van der Waals surface area contributed by atoms with E-state index in [9.17, 15) is 0 Å². The Hall–Kier alpha value is 0.0100. The zero-order valence-electron chi connectivity index (χ0n) is 9.93. The summed E-state index contributed by atoms with van der Waals surface area (Å²) in [5.41, 5.74) is 0.352. The Bertz CT molecular complexity index is 282. The molecule has 2 bridgehead atoms. The van der Waals surface area contributed by atoms with E-state index in [4.69, 9.17) is 0 Å². The zero-order chi connectivity index (χ0) is 11.1. The number of hydrogen-bond donors (Lipinski definition) is 2. The van der Waals surface area contributed by atoms with Crippen molar-refractivity contribution in [2.45, 2.75) is 55.0 Å². The van der Waals surface area contributed by atoms with Crippen molar-refractivity contribution in [2.75, 3.05) is 12.3 Å². The molecule has 0 aromatic rings. The molecule has 3 saturated heterocycles. The van der Waals surface area contributed by atoms with Crippen LogP contribution in [0.25, 0.3) is 0 Å². The van der Waals surface area contributed by atoms with Crippen LogP contribution in [0.4, 0.5) is 0 Å². The molecule has 0 aromatic carbocycles. The molecule has 3 aliphatic heterocycles. The van der Waals surface area contributed by atoms with E-state index < -0.39 is 0 Å². The molecule has 3 heteroatoms. The van der Waals surface area contributed by atoms with Crippen molar-refractivity contribution in [3.8, 4) is 0 Å². The summed E-state index contributed by atoms with van der Waals surface area (Å²) in [6.07, 6.45) is 10.1. The van der Waals surface area contributed by atoms with Gasteiger partial charge in [-0.05, 0) is 38.5 Å². The Morgan fingerprint density at radius 3 is 3.06 bits per heavy atom. The summed E-state index contributed by atoms with van der Waals surface area (Å²) in [6, 6.07) is 0.790. The highest BCUT2D eigenvalue weighted by molar-refractivity contribution is 8.01. The van der Waals surface area contributed by atoms with Crippen molar-refractivity contribution in [1.29, 1.82) is 0 Å². The highest BCUT2D eigenvalue weighted by Crippen LogP contribution is 2.50. The summed E-state index contributed by atoms with van der Waals surface area (Å²) in [7, 11) is 0. The standard InChI is InChI=1S/C13H22N2S/c1-2-6-13(14-9-10-16-13)12-7-3-4-11(15-12)5-8-12/h2,11,14-15H,1,3-10H2. The minimum absolute atomic E-state index is 0.240. The summed E-state index contributed by atoms with van der Waals surface area (Å²) in [4.78, 5) is 0.240. The first kappa shape index (κ1) is 11.1. The van der Waals surface area contributed by atoms with E-state index in [0.717, 1.165) is 19.0 Å². The zero-order valence-corrected chi connectivity index (χ0v) is 10.7. The third-order valence-electron chi connectivity index (χ3n) is 4.62. The van der Waals surface area contributed by atoms with Crippen molar-refractivity contribution in [2.24, 2.45) is 0 Å². The van der Waals surface area contributed by atoms with Gasteiger partial charge in [0.05, 0.1) is 4.87 Å². The summed E-state index contributed by atoms with van der Waals surface area (Å²) in [6.45, 7) is 5.12. The lowest BCUT2D eigenvalue weighted by molar-refractivity contribution is 0.187. The van der Waals surface area contributed by atoms with E-state index in [1.807, 2.05) is 0 Å². The third kappa shape index (κ3) is 1.48. The quantitative estimate of drug-likeness (QED) is 0.738. The van der Waals surface area contributed by atoms with E-state index in [1.54, 1.807) is 0 Å². The summed E-state index contributed by atoms with van der Waals surface area (Å²) >= 11 is 2.13. The first-order valence-corrected chi connectivity index (χ1v) is 7.56. The summed E-state index contributed by atoms with van der Waals surface area (Å²) in [5.74, 6) is 1.25. The fourth-order valence-electron chi connectivity index (χ4n) is 3.91. The molecule has 2 nitrogen and oxygen atoms in total. The van der Waals surface area contributed by atoms with Crippen LogP contribution in [-0.4, -0.2) is 28.7 Å². The van der Waals surface area contributed by atoms with Crippen molar-refractivity contribution in [1.82, 2.24) is 10.6 Å². The number of hydrogen-bond acceptors (Lipinski definition) is 3. The van der Waals surface area contributed by atoms with Crippen LogP contribution in [0.2, 0.25) is 0 Å². The van der Waals surface area contributed by atoms with Crippen molar-refractivity contribution in [3.05, 3.63) is 12.7 Å². The monoisotopic (exact) mass is 238 g/mol. The molecule has 3 rings (SSSR count). The Labute approximate surface area is 103 Å². The van der Waals surface area contributed by atoms with Gasteiger partial charge in [0.25, 0.3) is 0 Å². The van der Waals surface area contributed by atoms with E-state index >= 15 is 0 Å². The molecule has 3 heterocycles. The lowest BCUT2D eigenvalue weighted by Crippen LogP contribution is -2.65. The van der Waals surface area contributed by atoms with Gasteiger partial charge in [-0.3, -0.25) is 0 Å². The molecule has 3 fully saturated rings. The van der Waals surface area contributed by atoms with Gasteiger partial charge in [-0.1, -0.05) is 6.08 Å². The molecule has 0 radical (unpaired) electrons. The molecule has 0 aliphatic carbocycles. The topological polar surface area (TPSA) is 24.1 Å². The van der Waals surface area contributed by atoms with Gasteiger partial charge in [0.2, 0.25) is 0 Å². The number of piperidine rings is 1. The van der Waals surface area contributed by atoms with Crippen LogP contribution in [0.15, 0.2) is 12.7 Å². The van der Waals surface area contributed by atoms with Gasteiger partial charge in [-0.2, -0.15) is 0 Å². The molecule has 3 unspecified atom stereocenters. The second-order valence-corrected chi connectivity index (χ2v) is 6.84. The Morgan fingerprint density at radius 2 is 2.31 bits per heavy atom. The van der Waals surface area contributed by atoms with Crippen LogP contribution in [-0.2, 0) is 0 Å². The summed E-state index contributed by atoms with van der Waals surface area (Å²) < 4.78 is 0. The first-order valence-electron chi connectivity index (χ1n) is 6.58. The van der Waals surface area contributed by atoms with Crippen molar-refractivity contribution >= 4 is 11.8 Å². The van der Waals surface area contributed by atoms with Crippen LogP contribution >= 0.6 is 11.8 Å². The lowest BCUT2D eigenvalue weighted by atomic mass is 9.80. The number of rotatable bonds is 3. The Balaban J connectivity index is 1.90. The van der Waals surface area contributed by atoms with Crippen molar-refractivity contribution < 1.29 is 0 Å². The van der Waals surface area contributed by atoms with Gasteiger partial charge in [-0.15, -0.1) is 18.3 Å². The fourth-order valence-corrected chi connectivity index (χ4v) is 5.44. The van der Waals surface area contributed by atoms with Gasteiger partial charge >= 0.3 is 0 Å². The number of thioether (sulfide) groups is 1. The van der Waals surface area contributed by atoms with E-state index in [0.29, 0.717) is 5.54 Å².